The summed E-state index contributed by atoms with van der Waals surface area (Å²) in [7, 11) is 0. The summed E-state index contributed by atoms with van der Waals surface area (Å²) in [6, 6.07) is 7.50. The van der Waals surface area contributed by atoms with Gasteiger partial charge in [-0.15, -0.1) is 0 Å². The summed E-state index contributed by atoms with van der Waals surface area (Å²) >= 11 is 5.91. The lowest BCUT2D eigenvalue weighted by Gasteiger charge is -2.34. The summed E-state index contributed by atoms with van der Waals surface area (Å²) < 4.78 is 0. The van der Waals surface area contributed by atoms with Gasteiger partial charge in [0.2, 0.25) is 0 Å². The minimum Gasteiger partial charge on any atom is -0.480 e. The number of halogens is 1. The van der Waals surface area contributed by atoms with Crippen LogP contribution in [0, 0.1) is 0 Å². The van der Waals surface area contributed by atoms with Crippen LogP contribution in [0.4, 0.5) is 0 Å². The summed E-state index contributed by atoms with van der Waals surface area (Å²) in [4.78, 5) is 12.7. The molecule has 0 atom stereocenters. The van der Waals surface area contributed by atoms with Crippen molar-refractivity contribution in [1.29, 1.82) is 0 Å². The van der Waals surface area contributed by atoms with Crippen LogP contribution in [0.1, 0.15) is 26.3 Å². The van der Waals surface area contributed by atoms with Crippen molar-refractivity contribution in [3.8, 4) is 0 Å². The van der Waals surface area contributed by atoms with Crippen LogP contribution in [0.25, 0.3) is 0 Å². The number of benzene rings is 1. The molecule has 0 amide bonds. The van der Waals surface area contributed by atoms with E-state index in [-0.39, 0.29) is 12.1 Å². The second-order valence-electron chi connectivity index (χ2n) is 5.05. The molecule has 1 rings (SSSR count). The summed E-state index contributed by atoms with van der Waals surface area (Å²) in [5.41, 5.74) is 0.828. The number of aliphatic carboxylic acids is 1. The monoisotopic (exact) mass is 255 g/mol. The van der Waals surface area contributed by atoms with Crippen molar-refractivity contribution in [2.75, 3.05) is 6.54 Å². The maximum atomic E-state index is 10.8. The predicted octanol–water partition coefficient (Wildman–Crippen LogP) is 3.03. The molecule has 0 saturated carbocycles. The molecule has 0 saturated heterocycles. The van der Waals surface area contributed by atoms with Crippen molar-refractivity contribution in [2.24, 2.45) is 0 Å². The quantitative estimate of drug-likeness (QED) is 0.899. The lowest BCUT2D eigenvalue weighted by Crippen LogP contribution is -2.43. The fourth-order valence-electron chi connectivity index (χ4n) is 1.55. The Morgan fingerprint density at radius 2 is 2.06 bits per heavy atom. The number of nitrogens with zero attached hydrogens (tertiary/aromatic N) is 1. The number of carboxylic acids is 1. The molecule has 0 radical (unpaired) electrons. The van der Waals surface area contributed by atoms with Crippen LogP contribution in [0.5, 0.6) is 0 Å². The Morgan fingerprint density at radius 1 is 1.41 bits per heavy atom. The third-order valence-electron chi connectivity index (χ3n) is 2.54. The molecular weight excluding hydrogens is 238 g/mol. The highest BCUT2D eigenvalue weighted by atomic mass is 35.5. The zero-order valence-corrected chi connectivity index (χ0v) is 11.2. The van der Waals surface area contributed by atoms with E-state index in [2.05, 4.69) is 0 Å². The first-order chi connectivity index (χ1) is 7.79. The number of rotatable bonds is 4. The molecule has 17 heavy (non-hydrogen) atoms. The molecule has 0 aliphatic heterocycles. The highest BCUT2D eigenvalue weighted by molar-refractivity contribution is 6.30. The van der Waals surface area contributed by atoms with Crippen LogP contribution >= 0.6 is 11.6 Å². The number of carboxylic acid groups (broad SMARTS) is 1. The smallest absolute Gasteiger partial charge is 0.317 e. The zero-order valence-electron chi connectivity index (χ0n) is 10.4. The average Bonchev–Trinajstić information content (AvgIpc) is 2.14. The Kier molecular flexibility index (Phi) is 4.54. The second kappa shape index (κ2) is 5.52. The molecule has 4 heteroatoms. The summed E-state index contributed by atoms with van der Waals surface area (Å²) in [6.07, 6.45) is 0. The lowest BCUT2D eigenvalue weighted by molar-refractivity contribution is -0.139. The average molecular weight is 256 g/mol. The van der Waals surface area contributed by atoms with Crippen LogP contribution in [-0.2, 0) is 11.3 Å². The molecule has 1 aromatic carbocycles. The Morgan fingerprint density at radius 3 is 2.53 bits per heavy atom. The largest absolute Gasteiger partial charge is 0.480 e. The van der Waals surface area contributed by atoms with Gasteiger partial charge in [0.25, 0.3) is 0 Å². The van der Waals surface area contributed by atoms with Crippen LogP contribution in [-0.4, -0.2) is 28.1 Å². The van der Waals surface area contributed by atoms with Gasteiger partial charge in [0, 0.05) is 17.1 Å². The van der Waals surface area contributed by atoms with Crippen LogP contribution < -0.4 is 0 Å². The maximum Gasteiger partial charge on any atom is 0.317 e. The normalized spacial score (nSPS) is 11.8. The number of hydrogen-bond donors (Lipinski definition) is 1. The van der Waals surface area contributed by atoms with Gasteiger partial charge in [-0.25, -0.2) is 0 Å². The Labute approximate surface area is 107 Å². The van der Waals surface area contributed by atoms with E-state index < -0.39 is 5.97 Å². The Hall–Kier alpha value is -1.06. The van der Waals surface area contributed by atoms with E-state index in [0.29, 0.717) is 11.6 Å². The highest BCUT2D eigenvalue weighted by Crippen LogP contribution is 2.19. The van der Waals surface area contributed by atoms with Gasteiger partial charge in [-0.2, -0.15) is 0 Å². The molecule has 1 aromatic rings. The van der Waals surface area contributed by atoms with Crippen LogP contribution in [0.3, 0.4) is 0 Å². The van der Waals surface area contributed by atoms with Gasteiger partial charge in [-0.1, -0.05) is 23.7 Å². The Balaban J connectivity index is 2.83. The minimum atomic E-state index is -0.818. The van der Waals surface area contributed by atoms with E-state index in [4.69, 9.17) is 16.7 Å². The van der Waals surface area contributed by atoms with Crippen molar-refractivity contribution in [3.63, 3.8) is 0 Å². The molecule has 94 valence electrons. The third kappa shape index (κ3) is 4.75. The number of hydrogen-bond acceptors (Lipinski definition) is 2. The zero-order chi connectivity index (χ0) is 13.1. The summed E-state index contributed by atoms with van der Waals surface area (Å²) in [6.45, 7) is 6.60. The van der Waals surface area contributed by atoms with E-state index in [1.165, 1.54) is 0 Å². The van der Waals surface area contributed by atoms with Crippen LogP contribution in [0.15, 0.2) is 24.3 Å². The maximum absolute atomic E-state index is 10.8. The van der Waals surface area contributed by atoms with Crippen molar-refractivity contribution >= 4 is 17.6 Å². The van der Waals surface area contributed by atoms with Gasteiger partial charge in [0.05, 0.1) is 6.54 Å². The molecule has 0 unspecified atom stereocenters. The first-order valence-corrected chi connectivity index (χ1v) is 5.88. The van der Waals surface area contributed by atoms with Gasteiger partial charge >= 0.3 is 5.97 Å². The van der Waals surface area contributed by atoms with Crippen LogP contribution in [0.2, 0.25) is 5.02 Å². The molecule has 0 aliphatic rings. The first kappa shape index (κ1) is 14.0. The fraction of sp³-hybridized carbons (Fsp3) is 0.462. The molecule has 0 heterocycles. The molecule has 0 aliphatic carbocycles. The standard InChI is InChI=1S/C13H18ClNO2/c1-13(2,3)15(9-12(16)17)8-10-5-4-6-11(14)7-10/h4-7H,8-9H2,1-3H3,(H,16,17). The molecule has 0 bridgehead atoms. The van der Waals surface area contributed by atoms with E-state index in [0.717, 1.165) is 5.56 Å². The van der Waals surface area contributed by atoms with Gasteiger partial charge in [-0.05, 0) is 38.5 Å². The molecule has 0 spiro atoms. The molecule has 0 fully saturated rings. The van der Waals surface area contributed by atoms with E-state index in [1.54, 1.807) is 0 Å². The Bertz CT molecular complexity index is 399. The van der Waals surface area contributed by atoms with Crippen molar-refractivity contribution in [2.45, 2.75) is 32.9 Å². The van der Waals surface area contributed by atoms with Gasteiger partial charge < -0.3 is 5.11 Å². The fourth-order valence-corrected chi connectivity index (χ4v) is 1.76. The molecule has 1 N–H and O–H groups in total. The van der Waals surface area contributed by atoms with Gasteiger partial charge in [0.1, 0.15) is 0 Å². The second-order valence-corrected chi connectivity index (χ2v) is 5.49. The van der Waals surface area contributed by atoms with Gasteiger partial charge in [0.15, 0.2) is 0 Å². The molecular formula is C13H18ClNO2. The minimum absolute atomic E-state index is 0.0238. The summed E-state index contributed by atoms with van der Waals surface area (Å²) in [5, 5.41) is 9.58. The topological polar surface area (TPSA) is 40.5 Å². The van der Waals surface area contributed by atoms with Gasteiger partial charge in [-0.3, -0.25) is 9.69 Å². The van der Waals surface area contributed by atoms with E-state index in [9.17, 15) is 4.79 Å². The first-order valence-electron chi connectivity index (χ1n) is 5.50. The SMILES string of the molecule is CC(C)(C)N(CC(=O)O)Cc1cccc(Cl)c1. The van der Waals surface area contributed by atoms with Crippen molar-refractivity contribution < 1.29 is 9.90 Å². The van der Waals surface area contributed by atoms with Crippen molar-refractivity contribution in [1.82, 2.24) is 4.90 Å². The van der Waals surface area contributed by atoms with E-state index in [1.807, 2.05) is 49.9 Å². The highest BCUT2D eigenvalue weighted by Gasteiger charge is 2.23. The summed E-state index contributed by atoms with van der Waals surface area (Å²) in [5.74, 6) is -0.818. The number of carbonyl (C=O) groups is 1. The van der Waals surface area contributed by atoms with E-state index >= 15 is 0 Å². The molecule has 3 nitrogen and oxygen atoms in total. The third-order valence-corrected chi connectivity index (χ3v) is 2.77. The van der Waals surface area contributed by atoms with Crippen molar-refractivity contribution in [3.05, 3.63) is 34.9 Å². The lowest BCUT2D eigenvalue weighted by atomic mass is 10.0. The molecule has 0 aromatic heterocycles. The predicted molar refractivity (Wildman–Crippen MR) is 69.3 cm³/mol.